The van der Waals surface area contributed by atoms with E-state index in [9.17, 15) is 0 Å². The van der Waals surface area contributed by atoms with Crippen molar-refractivity contribution in [3.8, 4) is 0 Å². The van der Waals surface area contributed by atoms with Crippen molar-refractivity contribution in [3.05, 3.63) is 36.4 Å². The molecule has 1 rings (SSSR count). The highest BCUT2D eigenvalue weighted by Gasteiger charge is 1.92. The van der Waals surface area contributed by atoms with Crippen LogP contribution in [0.4, 0.5) is 0 Å². The Bertz CT molecular complexity index is 140. The standard InChI is InChI=1S/C7H16.C6H6/c1-4-6-7(3)5-2;1-2-4-6-5-3-1/h7H,4-6H2,1-3H3;1-6H. The summed E-state index contributed by atoms with van der Waals surface area (Å²) in [5, 5.41) is 0. The van der Waals surface area contributed by atoms with Crippen LogP contribution in [-0.4, -0.2) is 0 Å². The van der Waals surface area contributed by atoms with Crippen molar-refractivity contribution in [2.45, 2.75) is 40.0 Å². The van der Waals surface area contributed by atoms with E-state index in [-0.39, 0.29) is 0 Å². The highest BCUT2D eigenvalue weighted by Crippen LogP contribution is 2.07. The lowest BCUT2D eigenvalue weighted by molar-refractivity contribution is 0.509. The molecule has 0 aliphatic rings. The molecule has 0 saturated heterocycles. The summed E-state index contributed by atoms with van der Waals surface area (Å²) in [6.07, 6.45) is 4.08. The van der Waals surface area contributed by atoms with Crippen LogP contribution in [0.25, 0.3) is 0 Å². The van der Waals surface area contributed by atoms with Crippen molar-refractivity contribution in [2.24, 2.45) is 5.92 Å². The van der Waals surface area contributed by atoms with Gasteiger partial charge in [0, 0.05) is 0 Å². The Morgan fingerprint density at radius 3 is 1.38 bits per heavy atom. The van der Waals surface area contributed by atoms with Gasteiger partial charge in [-0.05, 0) is 5.92 Å². The summed E-state index contributed by atoms with van der Waals surface area (Å²) < 4.78 is 0. The maximum Gasteiger partial charge on any atom is -0.0446 e. The molecule has 13 heavy (non-hydrogen) atoms. The highest BCUT2D eigenvalue weighted by molar-refractivity contribution is 4.99. The number of hydrogen-bond donors (Lipinski definition) is 0. The molecule has 0 fully saturated rings. The normalized spacial score (nSPS) is 11.3. The maximum atomic E-state index is 2.31. The Balaban J connectivity index is 0.000000223. The van der Waals surface area contributed by atoms with Crippen molar-refractivity contribution >= 4 is 0 Å². The Hall–Kier alpha value is -0.780. The summed E-state index contributed by atoms with van der Waals surface area (Å²) in [7, 11) is 0. The van der Waals surface area contributed by atoms with Crippen molar-refractivity contribution in [3.63, 3.8) is 0 Å². The zero-order valence-electron chi connectivity index (χ0n) is 9.16. The van der Waals surface area contributed by atoms with E-state index in [1.165, 1.54) is 19.3 Å². The van der Waals surface area contributed by atoms with Gasteiger partial charge in [-0.2, -0.15) is 0 Å². The van der Waals surface area contributed by atoms with Crippen LogP contribution < -0.4 is 0 Å². The van der Waals surface area contributed by atoms with Gasteiger partial charge in [-0.3, -0.25) is 0 Å². The minimum Gasteiger partial charge on any atom is -0.0654 e. The fourth-order valence-electron chi connectivity index (χ4n) is 1.08. The van der Waals surface area contributed by atoms with Crippen LogP contribution in [-0.2, 0) is 0 Å². The van der Waals surface area contributed by atoms with Gasteiger partial charge in [-0.25, -0.2) is 0 Å². The molecule has 74 valence electrons. The number of hydrogen-bond acceptors (Lipinski definition) is 0. The smallest absolute Gasteiger partial charge is 0.0446 e. The first-order valence-electron chi connectivity index (χ1n) is 5.31. The Labute approximate surface area is 83.0 Å². The quantitative estimate of drug-likeness (QED) is 0.638. The van der Waals surface area contributed by atoms with Gasteiger partial charge in [0.1, 0.15) is 0 Å². The van der Waals surface area contributed by atoms with Gasteiger partial charge < -0.3 is 0 Å². The zero-order chi connectivity index (χ0) is 9.94. The van der Waals surface area contributed by atoms with Crippen molar-refractivity contribution < 1.29 is 0 Å². The van der Waals surface area contributed by atoms with Gasteiger partial charge in [0.25, 0.3) is 0 Å². The first kappa shape index (κ1) is 12.2. The molecular weight excluding hydrogens is 156 g/mol. The summed E-state index contributed by atoms with van der Waals surface area (Å²) >= 11 is 0. The first-order valence-corrected chi connectivity index (χ1v) is 5.31. The van der Waals surface area contributed by atoms with Crippen LogP contribution in [0.2, 0.25) is 0 Å². The molecule has 0 heteroatoms. The van der Waals surface area contributed by atoms with E-state index in [2.05, 4.69) is 20.8 Å². The second kappa shape index (κ2) is 9.31. The fraction of sp³-hybridized carbons (Fsp3) is 0.538. The van der Waals surface area contributed by atoms with Gasteiger partial charge in [0.2, 0.25) is 0 Å². The summed E-state index contributed by atoms with van der Waals surface area (Å²) in [4.78, 5) is 0. The van der Waals surface area contributed by atoms with Crippen LogP contribution in [0, 0.1) is 5.92 Å². The molecule has 0 N–H and O–H groups in total. The largest absolute Gasteiger partial charge is 0.0654 e. The molecule has 1 unspecified atom stereocenters. The van der Waals surface area contributed by atoms with Crippen LogP contribution >= 0.6 is 0 Å². The van der Waals surface area contributed by atoms with Gasteiger partial charge >= 0.3 is 0 Å². The van der Waals surface area contributed by atoms with E-state index in [0.29, 0.717) is 0 Å². The van der Waals surface area contributed by atoms with Crippen molar-refractivity contribution in [2.75, 3.05) is 0 Å². The molecule has 0 amide bonds. The zero-order valence-corrected chi connectivity index (χ0v) is 9.16. The van der Waals surface area contributed by atoms with E-state index in [1.807, 2.05) is 36.4 Å². The van der Waals surface area contributed by atoms with E-state index < -0.39 is 0 Å². The number of benzene rings is 1. The third-order valence-corrected chi connectivity index (χ3v) is 2.15. The topological polar surface area (TPSA) is 0 Å². The van der Waals surface area contributed by atoms with E-state index >= 15 is 0 Å². The van der Waals surface area contributed by atoms with E-state index in [0.717, 1.165) is 5.92 Å². The van der Waals surface area contributed by atoms with Crippen molar-refractivity contribution in [1.29, 1.82) is 0 Å². The molecule has 0 nitrogen and oxygen atoms in total. The molecule has 0 saturated carbocycles. The molecule has 0 spiro atoms. The molecule has 0 aliphatic carbocycles. The second-order valence-electron chi connectivity index (χ2n) is 3.46. The van der Waals surface area contributed by atoms with Gasteiger partial charge in [0.15, 0.2) is 0 Å². The minimum atomic E-state index is 0.949. The summed E-state index contributed by atoms with van der Waals surface area (Å²) in [5.74, 6) is 0.949. The highest BCUT2D eigenvalue weighted by atomic mass is 14.0. The van der Waals surface area contributed by atoms with Crippen molar-refractivity contribution in [1.82, 2.24) is 0 Å². The predicted molar refractivity (Wildman–Crippen MR) is 60.8 cm³/mol. The molecule has 0 bridgehead atoms. The molecule has 1 atom stereocenters. The average Bonchev–Trinajstić information content (AvgIpc) is 2.22. The Morgan fingerprint density at radius 1 is 0.846 bits per heavy atom. The van der Waals surface area contributed by atoms with E-state index in [4.69, 9.17) is 0 Å². The molecule has 1 aromatic rings. The molecule has 0 heterocycles. The molecule has 1 aromatic carbocycles. The maximum absolute atomic E-state index is 2.31. The molecule has 0 aliphatic heterocycles. The predicted octanol–water partition coefficient (Wildman–Crippen LogP) is 4.52. The summed E-state index contributed by atoms with van der Waals surface area (Å²) in [6.45, 7) is 6.80. The molecular formula is C13H22. The molecule has 0 radical (unpaired) electrons. The molecule has 0 aromatic heterocycles. The van der Waals surface area contributed by atoms with Gasteiger partial charge in [-0.15, -0.1) is 0 Å². The Morgan fingerprint density at radius 2 is 1.23 bits per heavy atom. The lowest BCUT2D eigenvalue weighted by Crippen LogP contribution is -1.88. The second-order valence-corrected chi connectivity index (χ2v) is 3.46. The first-order chi connectivity index (χ1) is 6.31. The van der Waals surface area contributed by atoms with Crippen LogP contribution in [0.5, 0.6) is 0 Å². The van der Waals surface area contributed by atoms with E-state index in [1.54, 1.807) is 0 Å². The monoisotopic (exact) mass is 178 g/mol. The minimum absolute atomic E-state index is 0.949. The lowest BCUT2D eigenvalue weighted by Gasteiger charge is -2.02. The average molecular weight is 178 g/mol. The fourth-order valence-corrected chi connectivity index (χ4v) is 1.08. The lowest BCUT2D eigenvalue weighted by atomic mass is 10.0. The van der Waals surface area contributed by atoms with Gasteiger partial charge in [0.05, 0.1) is 0 Å². The third-order valence-electron chi connectivity index (χ3n) is 2.15. The van der Waals surface area contributed by atoms with Crippen LogP contribution in [0.3, 0.4) is 0 Å². The summed E-state index contributed by atoms with van der Waals surface area (Å²) in [5.41, 5.74) is 0. The van der Waals surface area contributed by atoms with Crippen LogP contribution in [0.15, 0.2) is 36.4 Å². The van der Waals surface area contributed by atoms with Crippen LogP contribution in [0.1, 0.15) is 40.0 Å². The SMILES string of the molecule is CCCC(C)CC.c1ccccc1. The van der Waals surface area contributed by atoms with Gasteiger partial charge in [-0.1, -0.05) is 76.4 Å². The third kappa shape index (κ3) is 9.13. The Kier molecular flexibility index (Phi) is 8.75. The summed E-state index contributed by atoms with van der Waals surface area (Å²) in [6, 6.07) is 12.0. The number of rotatable bonds is 3.